The maximum Gasteiger partial charge on any atom is 0.137 e. The summed E-state index contributed by atoms with van der Waals surface area (Å²) in [7, 11) is 1.94. The van der Waals surface area contributed by atoms with Crippen LogP contribution in [0.25, 0.3) is 0 Å². The average molecular weight is 212 g/mol. The number of aryl methyl sites for hydroxylation is 1. The molecule has 0 saturated heterocycles. The number of hydrogen-bond acceptors (Lipinski definition) is 3. The molecule has 0 aromatic carbocycles. The summed E-state index contributed by atoms with van der Waals surface area (Å²) in [5, 5.41) is 3.07. The van der Waals surface area contributed by atoms with Crippen molar-refractivity contribution in [3.8, 4) is 5.75 Å². The molecule has 3 nitrogen and oxygen atoms in total. The van der Waals surface area contributed by atoms with Gasteiger partial charge < -0.3 is 10.1 Å². The Morgan fingerprint density at radius 1 is 1.40 bits per heavy atom. The highest BCUT2D eigenvalue weighted by Gasteiger charge is 1.92. The van der Waals surface area contributed by atoms with E-state index in [9.17, 15) is 0 Å². The van der Waals surface area contributed by atoms with E-state index < -0.39 is 0 Å². The van der Waals surface area contributed by atoms with Crippen molar-refractivity contribution in [2.45, 2.75) is 27.2 Å². The molecule has 0 aliphatic heterocycles. The first kappa shape index (κ1) is 13.9. The molecule has 0 spiro atoms. The van der Waals surface area contributed by atoms with E-state index in [4.69, 9.17) is 4.74 Å². The van der Waals surface area contributed by atoms with Crippen LogP contribution in [0.15, 0.2) is 18.3 Å². The van der Waals surface area contributed by atoms with Gasteiger partial charge in [-0.25, -0.2) is 0 Å². The molecular weight excluding hydrogens is 188 g/mol. The van der Waals surface area contributed by atoms with Gasteiger partial charge in [-0.15, -0.1) is 0 Å². The SMILES string of the molecule is CC.CNCCCOc1ccc(C)nc1.[HH]. The summed E-state index contributed by atoms with van der Waals surface area (Å²) in [6.45, 7) is 7.69. The summed E-state index contributed by atoms with van der Waals surface area (Å²) in [4.78, 5) is 4.14. The zero-order valence-corrected chi connectivity index (χ0v) is 10.2. The van der Waals surface area contributed by atoms with Gasteiger partial charge in [-0.3, -0.25) is 4.98 Å². The predicted molar refractivity (Wildman–Crippen MR) is 66.5 cm³/mol. The Hall–Kier alpha value is -1.09. The van der Waals surface area contributed by atoms with E-state index in [1.54, 1.807) is 6.20 Å². The number of rotatable bonds is 5. The molecule has 0 amide bonds. The number of aromatic nitrogens is 1. The van der Waals surface area contributed by atoms with Gasteiger partial charge in [0, 0.05) is 7.12 Å². The Labute approximate surface area is 94.4 Å². The summed E-state index contributed by atoms with van der Waals surface area (Å²) >= 11 is 0. The fourth-order valence-corrected chi connectivity index (χ4v) is 0.979. The van der Waals surface area contributed by atoms with Gasteiger partial charge in [0.2, 0.25) is 0 Å². The third-order valence-corrected chi connectivity index (χ3v) is 1.72. The van der Waals surface area contributed by atoms with Crippen molar-refractivity contribution < 1.29 is 6.16 Å². The lowest BCUT2D eigenvalue weighted by atomic mass is 10.4. The molecule has 88 valence electrons. The van der Waals surface area contributed by atoms with Crippen LogP contribution in [0.3, 0.4) is 0 Å². The lowest BCUT2D eigenvalue weighted by molar-refractivity contribution is 0.308. The van der Waals surface area contributed by atoms with Crippen LogP contribution in [0.1, 0.15) is 27.4 Å². The van der Waals surface area contributed by atoms with Crippen molar-refractivity contribution in [3.63, 3.8) is 0 Å². The molecule has 0 bridgehead atoms. The van der Waals surface area contributed by atoms with Crippen molar-refractivity contribution in [3.05, 3.63) is 24.0 Å². The second kappa shape index (κ2) is 9.46. The van der Waals surface area contributed by atoms with Gasteiger partial charge >= 0.3 is 0 Å². The van der Waals surface area contributed by atoms with E-state index in [1.807, 2.05) is 40.0 Å². The van der Waals surface area contributed by atoms with Gasteiger partial charge in [0.25, 0.3) is 0 Å². The molecule has 1 aromatic heterocycles. The molecule has 0 saturated carbocycles. The van der Waals surface area contributed by atoms with Crippen LogP contribution in [0.4, 0.5) is 0 Å². The molecule has 1 aromatic rings. The first-order valence-corrected chi connectivity index (χ1v) is 5.53. The van der Waals surface area contributed by atoms with E-state index in [0.717, 1.165) is 31.0 Å². The van der Waals surface area contributed by atoms with Gasteiger partial charge in [-0.1, -0.05) is 13.8 Å². The molecule has 1 N–H and O–H groups in total. The molecule has 0 fully saturated rings. The van der Waals surface area contributed by atoms with Crippen LogP contribution in [0.5, 0.6) is 5.75 Å². The molecule has 0 aliphatic rings. The maximum absolute atomic E-state index is 5.46. The van der Waals surface area contributed by atoms with Crippen molar-refractivity contribution in [1.29, 1.82) is 0 Å². The van der Waals surface area contributed by atoms with Crippen LogP contribution in [0.2, 0.25) is 0 Å². The lowest BCUT2D eigenvalue weighted by Crippen LogP contribution is -2.11. The zero-order chi connectivity index (χ0) is 11.5. The molecule has 1 heterocycles. The maximum atomic E-state index is 5.46. The van der Waals surface area contributed by atoms with Crippen molar-refractivity contribution >= 4 is 0 Å². The van der Waals surface area contributed by atoms with Crippen molar-refractivity contribution in [1.82, 2.24) is 10.3 Å². The molecule has 0 aliphatic carbocycles. The molecule has 0 radical (unpaired) electrons. The number of nitrogens with one attached hydrogen (secondary N) is 1. The van der Waals surface area contributed by atoms with E-state index in [2.05, 4.69) is 10.3 Å². The third kappa shape index (κ3) is 6.91. The summed E-state index contributed by atoms with van der Waals surface area (Å²) in [5.74, 6) is 0.849. The molecule has 1 rings (SSSR count). The summed E-state index contributed by atoms with van der Waals surface area (Å²) in [6, 6.07) is 3.90. The standard InChI is InChI=1S/C10H16N2O.C2H6.H2/c1-9-4-5-10(8-12-9)13-7-3-6-11-2;1-2;/h4-5,8,11H,3,6-7H2,1-2H3;1-2H3;1H. The van der Waals surface area contributed by atoms with Crippen LogP contribution in [-0.2, 0) is 0 Å². The van der Waals surface area contributed by atoms with Gasteiger partial charge in [-0.2, -0.15) is 0 Å². The minimum atomic E-state index is 0. The number of pyridine rings is 1. The Balaban J connectivity index is 0. The summed E-state index contributed by atoms with van der Waals surface area (Å²) in [5.41, 5.74) is 1.02. The highest BCUT2D eigenvalue weighted by Crippen LogP contribution is 2.08. The van der Waals surface area contributed by atoms with Crippen LogP contribution < -0.4 is 10.1 Å². The molecule has 0 atom stereocenters. The van der Waals surface area contributed by atoms with Crippen molar-refractivity contribution in [2.24, 2.45) is 0 Å². The van der Waals surface area contributed by atoms with E-state index >= 15 is 0 Å². The Morgan fingerprint density at radius 3 is 2.67 bits per heavy atom. The first-order chi connectivity index (χ1) is 7.33. The molecule has 15 heavy (non-hydrogen) atoms. The van der Waals surface area contributed by atoms with Gasteiger partial charge in [0.1, 0.15) is 5.75 Å². The number of hydrogen-bond donors (Lipinski definition) is 1. The Morgan fingerprint density at radius 2 is 2.13 bits per heavy atom. The molecular formula is C12H24N2O. The summed E-state index contributed by atoms with van der Waals surface area (Å²) < 4.78 is 5.46. The summed E-state index contributed by atoms with van der Waals surface area (Å²) in [6.07, 6.45) is 2.78. The first-order valence-electron chi connectivity index (χ1n) is 5.53. The fraction of sp³-hybridized carbons (Fsp3) is 0.583. The predicted octanol–water partition coefficient (Wildman–Crippen LogP) is 2.65. The fourth-order valence-electron chi connectivity index (χ4n) is 0.979. The second-order valence-corrected chi connectivity index (χ2v) is 2.94. The van der Waals surface area contributed by atoms with Gasteiger partial charge in [0.15, 0.2) is 0 Å². The van der Waals surface area contributed by atoms with E-state index in [-0.39, 0.29) is 1.43 Å². The lowest BCUT2D eigenvalue weighted by Gasteiger charge is -2.04. The zero-order valence-electron chi connectivity index (χ0n) is 10.2. The van der Waals surface area contributed by atoms with Crippen LogP contribution in [-0.4, -0.2) is 25.2 Å². The van der Waals surface area contributed by atoms with E-state index in [0.29, 0.717) is 0 Å². The molecule has 3 heteroatoms. The highest BCUT2D eigenvalue weighted by molar-refractivity contribution is 5.18. The van der Waals surface area contributed by atoms with Crippen LogP contribution in [0, 0.1) is 6.92 Å². The third-order valence-electron chi connectivity index (χ3n) is 1.72. The van der Waals surface area contributed by atoms with E-state index in [1.165, 1.54) is 0 Å². The quantitative estimate of drug-likeness (QED) is 0.762. The van der Waals surface area contributed by atoms with Crippen molar-refractivity contribution in [2.75, 3.05) is 20.2 Å². The smallest absolute Gasteiger partial charge is 0.137 e. The van der Waals surface area contributed by atoms with Gasteiger partial charge in [0.05, 0.1) is 12.8 Å². The Bertz CT molecular complexity index is 239. The highest BCUT2D eigenvalue weighted by atomic mass is 16.5. The minimum Gasteiger partial charge on any atom is -0.492 e. The van der Waals surface area contributed by atoms with Gasteiger partial charge in [-0.05, 0) is 39.1 Å². The molecule has 0 unspecified atom stereocenters. The van der Waals surface area contributed by atoms with Crippen LogP contribution >= 0.6 is 0 Å². The second-order valence-electron chi connectivity index (χ2n) is 2.94. The minimum absolute atomic E-state index is 0. The monoisotopic (exact) mass is 212 g/mol. The topological polar surface area (TPSA) is 34.1 Å². The largest absolute Gasteiger partial charge is 0.492 e. The normalized spacial score (nSPS) is 9.07. The number of ether oxygens (including phenoxy) is 1. The Kier molecular flexibility index (Phi) is 8.78. The average Bonchev–Trinajstić information content (AvgIpc) is 2.30. The number of nitrogens with zero attached hydrogens (tertiary/aromatic N) is 1.